The Hall–Kier alpha value is -1.54. The SMILES string of the molecule is CC(C)(C#N)CCS(=O)(=O)c1ccc(N)cc1. The van der Waals surface area contributed by atoms with Crippen molar-refractivity contribution in [2.24, 2.45) is 5.41 Å². The quantitative estimate of drug-likeness (QED) is 0.830. The summed E-state index contributed by atoms with van der Waals surface area (Å²) in [6.07, 6.45) is 0.316. The number of benzene rings is 1. The molecular weight excluding hydrogens is 236 g/mol. The summed E-state index contributed by atoms with van der Waals surface area (Å²) in [7, 11) is -3.33. The van der Waals surface area contributed by atoms with E-state index in [9.17, 15) is 8.42 Å². The van der Waals surface area contributed by atoms with Crippen LogP contribution in [0.1, 0.15) is 20.3 Å². The van der Waals surface area contributed by atoms with Gasteiger partial charge in [0.2, 0.25) is 0 Å². The third kappa shape index (κ3) is 3.75. The molecule has 0 radical (unpaired) electrons. The van der Waals surface area contributed by atoms with E-state index in [0.29, 0.717) is 12.1 Å². The molecule has 0 amide bonds. The van der Waals surface area contributed by atoms with Gasteiger partial charge >= 0.3 is 0 Å². The van der Waals surface area contributed by atoms with Crippen molar-refractivity contribution in [1.82, 2.24) is 0 Å². The zero-order valence-electron chi connectivity index (χ0n) is 9.97. The van der Waals surface area contributed by atoms with E-state index in [1.807, 2.05) is 0 Å². The van der Waals surface area contributed by atoms with Gasteiger partial charge in [0, 0.05) is 5.69 Å². The van der Waals surface area contributed by atoms with E-state index in [2.05, 4.69) is 6.07 Å². The van der Waals surface area contributed by atoms with Gasteiger partial charge in [0.15, 0.2) is 9.84 Å². The Morgan fingerprint density at radius 1 is 1.29 bits per heavy atom. The third-order valence-corrected chi connectivity index (χ3v) is 4.27. The van der Waals surface area contributed by atoms with Crippen LogP contribution in [-0.4, -0.2) is 14.2 Å². The summed E-state index contributed by atoms with van der Waals surface area (Å²) < 4.78 is 23.9. The Balaban J connectivity index is 2.84. The van der Waals surface area contributed by atoms with Crippen molar-refractivity contribution >= 4 is 15.5 Å². The van der Waals surface area contributed by atoms with Gasteiger partial charge in [0.1, 0.15) is 0 Å². The molecule has 2 N–H and O–H groups in total. The van der Waals surface area contributed by atoms with E-state index in [-0.39, 0.29) is 10.6 Å². The average Bonchev–Trinajstić information content (AvgIpc) is 2.27. The molecule has 0 aromatic heterocycles. The standard InChI is InChI=1S/C12H16N2O2S/c1-12(2,9-13)7-8-17(15,16)11-5-3-10(14)4-6-11/h3-6H,7-8,14H2,1-2H3. The van der Waals surface area contributed by atoms with E-state index < -0.39 is 15.3 Å². The molecule has 0 aliphatic rings. The summed E-state index contributed by atoms with van der Waals surface area (Å²) in [5.41, 5.74) is 5.40. The molecule has 0 aliphatic carbocycles. The van der Waals surface area contributed by atoms with Crippen molar-refractivity contribution in [2.45, 2.75) is 25.2 Å². The van der Waals surface area contributed by atoms with Crippen molar-refractivity contribution in [3.05, 3.63) is 24.3 Å². The van der Waals surface area contributed by atoms with Crippen LogP contribution < -0.4 is 5.73 Å². The molecule has 0 fully saturated rings. The Morgan fingerprint density at radius 3 is 2.29 bits per heavy atom. The van der Waals surface area contributed by atoms with E-state index in [1.165, 1.54) is 12.1 Å². The molecule has 5 heteroatoms. The topological polar surface area (TPSA) is 84.0 Å². The van der Waals surface area contributed by atoms with Gasteiger partial charge in [-0.05, 0) is 44.5 Å². The third-order valence-electron chi connectivity index (χ3n) is 2.54. The fourth-order valence-corrected chi connectivity index (χ4v) is 2.80. The summed E-state index contributed by atoms with van der Waals surface area (Å²) in [5.74, 6) is -0.0303. The van der Waals surface area contributed by atoms with Crippen LogP contribution in [0.5, 0.6) is 0 Å². The zero-order valence-corrected chi connectivity index (χ0v) is 10.8. The lowest BCUT2D eigenvalue weighted by Crippen LogP contribution is -2.16. The maximum absolute atomic E-state index is 12.0. The molecule has 0 atom stereocenters. The lowest BCUT2D eigenvalue weighted by molar-refractivity contribution is 0.473. The predicted molar refractivity (Wildman–Crippen MR) is 66.9 cm³/mol. The number of sulfone groups is 1. The number of anilines is 1. The summed E-state index contributed by atoms with van der Waals surface area (Å²) in [5, 5.41) is 8.84. The van der Waals surface area contributed by atoms with Gasteiger partial charge in [-0.2, -0.15) is 5.26 Å². The number of rotatable bonds is 4. The van der Waals surface area contributed by atoms with Crippen LogP contribution in [0, 0.1) is 16.7 Å². The first-order valence-electron chi connectivity index (χ1n) is 5.26. The molecule has 17 heavy (non-hydrogen) atoms. The molecule has 0 bridgehead atoms. The van der Waals surface area contributed by atoms with Crippen molar-refractivity contribution in [3.63, 3.8) is 0 Å². The minimum atomic E-state index is -3.33. The van der Waals surface area contributed by atoms with Gasteiger partial charge in [-0.3, -0.25) is 0 Å². The zero-order chi connectivity index (χ0) is 13.1. The van der Waals surface area contributed by atoms with Crippen molar-refractivity contribution in [1.29, 1.82) is 5.26 Å². The summed E-state index contributed by atoms with van der Waals surface area (Å²) in [6, 6.07) is 8.19. The van der Waals surface area contributed by atoms with Crippen LogP contribution in [0.25, 0.3) is 0 Å². The number of nitriles is 1. The fraction of sp³-hybridized carbons (Fsp3) is 0.417. The molecular formula is C12H16N2O2S. The molecule has 0 aliphatic heterocycles. The molecule has 1 rings (SSSR count). The highest BCUT2D eigenvalue weighted by molar-refractivity contribution is 7.91. The van der Waals surface area contributed by atoms with Crippen LogP contribution >= 0.6 is 0 Å². The first-order valence-corrected chi connectivity index (χ1v) is 6.92. The molecule has 92 valence electrons. The molecule has 1 aromatic rings. The minimum absolute atomic E-state index is 0.0303. The van der Waals surface area contributed by atoms with Crippen LogP contribution in [0.2, 0.25) is 0 Å². The Labute approximate surface area is 102 Å². The van der Waals surface area contributed by atoms with E-state index in [0.717, 1.165) is 0 Å². The first-order chi connectivity index (χ1) is 7.77. The molecule has 0 spiro atoms. The number of hydrogen-bond donors (Lipinski definition) is 1. The Morgan fingerprint density at radius 2 is 1.82 bits per heavy atom. The van der Waals surface area contributed by atoms with Crippen LogP contribution in [-0.2, 0) is 9.84 Å². The van der Waals surface area contributed by atoms with Gasteiger partial charge in [-0.25, -0.2) is 8.42 Å². The molecule has 1 aromatic carbocycles. The maximum atomic E-state index is 12.0. The molecule has 0 unspecified atom stereocenters. The normalized spacial score (nSPS) is 12.1. The fourth-order valence-electron chi connectivity index (χ4n) is 1.24. The van der Waals surface area contributed by atoms with Crippen molar-refractivity contribution < 1.29 is 8.42 Å². The van der Waals surface area contributed by atoms with Crippen LogP contribution in [0.3, 0.4) is 0 Å². The van der Waals surface area contributed by atoms with E-state index in [4.69, 9.17) is 11.0 Å². The monoisotopic (exact) mass is 252 g/mol. The second-order valence-corrected chi connectivity index (χ2v) is 6.74. The molecule has 0 saturated heterocycles. The Kier molecular flexibility index (Phi) is 3.79. The summed E-state index contributed by atoms with van der Waals surface area (Å²) in [6.45, 7) is 3.46. The number of nitrogens with zero attached hydrogens (tertiary/aromatic N) is 1. The molecule has 4 nitrogen and oxygen atoms in total. The van der Waals surface area contributed by atoms with Crippen molar-refractivity contribution in [3.8, 4) is 6.07 Å². The van der Waals surface area contributed by atoms with Crippen LogP contribution in [0.15, 0.2) is 29.2 Å². The van der Waals surface area contributed by atoms with Gasteiger partial charge in [0.25, 0.3) is 0 Å². The lowest BCUT2D eigenvalue weighted by atomic mass is 9.93. The second kappa shape index (κ2) is 4.76. The smallest absolute Gasteiger partial charge is 0.178 e. The highest BCUT2D eigenvalue weighted by Gasteiger charge is 2.22. The lowest BCUT2D eigenvalue weighted by Gasteiger charge is -2.14. The van der Waals surface area contributed by atoms with Gasteiger partial charge in [-0.1, -0.05) is 0 Å². The highest BCUT2D eigenvalue weighted by Crippen LogP contribution is 2.22. The second-order valence-electron chi connectivity index (χ2n) is 4.63. The summed E-state index contributed by atoms with van der Waals surface area (Å²) in [4.78, 5) is 0.250. The number of hydrogen-bond acceptors (Lipinski definition) is 4. The maximum Gasteiger partial charge on any atom is 0.178 e. The van der Waals surface area contributed by atoms with Gasteiger partial charge in [0.05, 0.1) is 22.1 Å². The first kappa shape index (κ1) is 13.5. The predicted octanol–water partition coefficient (Wildman–Crippen LogP) is 1.98. The number of nitrogens with two attached hydrogens (primary N) is 1. The van der Waals surface area contributed by atoms with E-state index in [1.54, 1.807) is 26.0 Å². The molecule has 0 saturated carbocycles. The number of nitrogen functional groups attached to an aromatic ring is 1. The largest absolute Gasteiger partial charge is 0.399 e. The minimum Gasteiger partial charge on any atom is -0.399 e. The highest BCUT2D eigenvalue weighted by atomic mass is 32.2. The summed E-state index contributed by atoms with van der Waals surface area (Å²) >= 11 is 0. The van der Waals surface area contributed by atoms with E-state index >= 15 is 0 Å². The van der Waals surface area contributed by atoms with Gasteiger partial charge < -0.3 is 5.73 Å². The average molecular weight is 252 g/mol. The van der Waals surface area contributed by atoms with Crippen LogP contribution in [0.4, 0.5) is 5.69 Å². The van der Waals surface area contributed by atoms with Gasteiger partial charge in [-0.15, -0.1) is 0 Å². The van der Waals surface area contributed by atoms with Crippen molar-refractivity contribution in [2.75, 3.05) is 11.5 Å². The molecule has 0 heterocycles. The Bertz CT molecular complexity index is 525.